The molecule has 0 saturated carbocycles. The summed E-state index contributed by atoms with van der Waals surface area (Å²) in [5.74, 6) is -0.326. The number of phenolic OH excluding ortho intramolecular Hbond substituents is 3. The number of aromatic hydroxyl groups is 3. The molecule has 0 spiro atoms. The number of phenols is 3. The van der Waals surface area contributed by atoms with E-state index >= 15 is 0 Å². The van der Waals surface area contributed by atoms with Gasteiger partial charge in [-0.15, -0.1) is 0 Å². The summed E-state index contributed by atoms with van der Waals surface area (Å²) in [4.78, 5) is 0. The third kappa shape index (κ3) is 2.14. The molecule has 0 unspecified atom stereocenters. The van der Waals surface area contributed by atoms with E-state index in [0.717, 1.165) is 6.07 Å². The van der Waals surface area contributed by atoms with Gasteiger partial charge in [0.15, 0.2) is 6.10 Å². The van der Waals surface area contributed by atoms with Crippen LogP contribution in [0.2, 0.25) is 0 Å². The van der Waals surface area contributed by atoms with Gasteiger partial charge in [-0.25, -0.2) is 0 Å². The summed E-state index contributed by atoms with van der Waals surface area (Å²) in [6, 6.07) is 8.35. The summed E-state index contributed by atoms with van der Waals surface area (Å²) < 4.78 is 5.59. The van der Waals surface area contributed by atoms with E-state index in [2.05, 4.69) is 0 Å². The first kappa shape index (κ1) is 13.5. The van der Waals surface area contributed by atoms with Gasteiger partial charge in [-0.3, -0.25) is 0 Å². The van der Waals surface area contributed by atoms with Crippen molar-refractivity contribution in [3.05, 3.63) is 47.5 Å². The second kappa shape index (κ2) is 4.83. The molecule has 0 fully saturated rings. The van der Waals surface area contributed by atoms with Crippen molar-refractivity contribution in [2.75, 3.05) is 0 Å². The van der Waals surface area contributed by atoms with E-state index in [4.69, 9.17) is 4.74 Å². The number of ether oxygens (including phenoxy) is 1. The average molecular weight is 290 g/mol. The van der Waals surface area contributed by atoms with Crippen LogP contribution in [0.1, 0.15) is 23.3 Å². The first-order valence-corrected chi connectivity index (χ1v) is 6.35. The minimum Gasteiger partial charge on any atom is -0.508 e. The summed E-state index contributed by atoms with van der Waals surface area (Å²) >= 11 is 0. The predicted molar refractivity (Wildman–Crippen MR) is 72.2 cm³/mol. The first-order valence-electron chi connectivity index (χ1n) is 6.35. The lowest BCUT2D eigenvalue weighted by Gasteiger charge is -2.34. The van der Waals surface area contributed by atoms with Crippen LogP contribution in [0.3, 0.4) is 0 Å². The molecule has 1 aliphatic rings. The van der Waals surface area contributed by atoms with Crippen LogP contribution >= 0.6 is 0 Å². The van der Waals surface area contributed by atoms with E-state index < -0.39 is 18.3 Å². The van der Waals surface area contributed by atoms with Crippen LogP contribution < -0.4 is 4.74 Å². The highest BCUT2D eigenvalue weighted by Gasteiger charge is 2.39. The van der Waals surface area contributed by atoms with Crippen LogP contribution in [0.4, 0.5) is 0 Å². The highest BCUT2D eigenvalue weighted by atomic mass is 16.5. The molecule has 3 atom stereocenters. The smallest absolute Gasteiger partial charge is 0.156 e. The van der Waals surface area contributed by atoms with Gasteiger partial charge >= 0.3 is 0 Å². The molecular formula is C15H14O6. The predicted octanol–water partition coefficient (Wildman–Crippen LogP) is 1.33. The summed E-state index contributed by atoms with van der Waals surface area (Å²) in [6.07, 6.45) is -3.75. The summed E-state index contributed by atoms with van der Waals surface area (Å²) in [7, 11) is 0. The summed E-state index contributed by atoms with van der Waals surface area (Å²) in [5.41, 5.74) is 0.341. The summed E-state index contributed by atoms with van der Waals surface area (Å²) in [6.45, 7) is 0. The molecule has 2 aromatic carbocycles. The zero-order chi connectivity index (χ0) is 15.1. The quantitative estimate of drug-likeness (QED) is 0.542. The van der Waals surface area contributed by atoms with Gasteiger partial charge in [-0.2, -0.15) is 0 Å². The van der Waals surface area contributed by atoms with Crippen molar-refractivity contribution in [3.8, 4) is 23.0 Å². The minimum absolute atomic E-state index is 0.111. The van der Waals surface area contributed by atoms with Crippen LogP contribution in [0, 0.1) is 0 Å². The maximum atomic E-state index is 10.2. The molecule has 6 heteroatoms. The Labute approximate surface area is 120 Å². The standard InChI is InChI=1S/C15H14O6/c16-7-4-5-8(10(18)6-7)15-14(20)13(19)12-9(17)2-1-3-11(12)21-15/h1-6,13-20H/t13-,14-,15+/m0/s1. The SMILES string of the molecule is Oc1ccc([C@H]2Oc3cccc(O)c3[C@H](O)[C@@H]2O)c(O)c1. The Balaban J connectivity index is 2.06. The van der Waals surface area contributed by atoms with Crippen molar-refractivity contribution in [1.29, 1.82) is 0 Å². The van der Waals surface area contributed by atoms with Crippen LogP contribution in [-0.2, 0) is 0 Å². The van der Waals surface area contributed by atoms with Crippen LogP contribution in [0.25, 0.3) is 0 Å². The Morgan fingerprint density at radius 2 is 1.67 bits per heavy atom. The lowest BCUT2D eigenvalue weighted by Crippen LogP contribution is -2.34. The molecule has 21 heavy (non-hydrogen) atoms. The molecule has 110 valence electrons. The van der Waals surface area contributed by atoms with E-state index in [1.54, 1.807) is 12.1 Å². The average Bonchev–Trinajstić information content (AvgIpc) is 2.43. The summed E-state index contributed by atoms with van der Waals surface area (Å²) in [5, 5.41) is 49.3. The number of hydrogen-bond acceptors (Lipinski definition) is 6. The van der Waals surface area contributed by atoms with Gasteiger partial charge in [0.25, 0.3) is 0 Å². The number of fused-ring (bicyclic) bond motifs is 1. The van der Waals surface area contributed by atoms with E-state index in [1.165, 1.54) is 18.2 Å². The van der Waals surface area contributed by atoms with Gasteiger partial charge in [0.05, 0.1) is 5.56 Å². The molecule has 2 aromatic rings. The van der Waals surface area contributed by atoms with E-state index in [0.29, 0.717) is 0 Å². The second-order valence-electron chi connectivity index (χ2n) is 4.91. The third-order valence-electron chi connectivity index (χ3n) is 3.55. The number of aliphatic hydroxyl groups excluding tert-OH is 2. The van der Waals surface area contributed by atoms with Gasteiger partial charge in [0.1, 0.15) is 35.2 Å². The molecule has 5 N–H and O–H groups in total. The zero-order valence-electron chi connectivity index (χ0n) is 10.8. The third-order valence-corrected chi connectivity index (χ3v) is 3.55. The van der Waals surface area contributed by atoms with Gasteiger partial charge in [-0.1, -0.05) is 6.07 Å². The number of benzene rings is 2. The first-order chi connectivity index (χ1) is 9.99. The lowest BCUT2D eigenvalue weighted by atomic mass is 9.91. The highest BCUT2D eigenvalue weighted by Crippen LogP contribution is 2.46. The molecule has 0 aromatic heterocycles. The Hall–Kier alpha value is -2.44. The number of aliphatic hydroxyl groups is 2. The normalized spacial score (nSPS) is 24.2. The maximum Gasteiger partial charge on any atom is 0.156 e. The van der Waals surface area contributed by atoms with Gasteiger partial charge in [0.2, 0.25) is 0 Å². The minimum atomic E-state index is -1.37. The van der Waals surface area contributed by atoms with E-state index in [9.17, 15) is 25.5 Å². The Morgan fingerprint density at radius 1 is 0.905 bits per heavy atom. The van der Waals surface area contributed by atoms with Crippen molar-refractivity contribution in [3.63, 3.8) is 0 Å². The molecule has 3 rings (SSSR count). The topological polar surface area (TPSA) is 110 Å². The van der Waals surface area contributed by atoms with Gasteiger partial charge in [-0.05, 0) is 24.3 Å². The molecule has 1 aliphatic heterocycles. The molecule has 0 bridgehead atoms. The van der Waals surface area contributed by atoms with Crippen molar-refractivity contribution in [2.45, 2.75) is 18.3 Å². The van der Waals surface area contributed by atoms with Crippen molar-refractivity contribution in [1.82, 2.24) is 0 Å². The molecule has 0 amide bonds. The molecule has 1 heterocycles. The van der Waals surface area contributed by atoms with Gasteiger partial charge < -0.3 is 30.3 Å². The Morgan fingerprint density at radius 3 is 2.38 bits per heavy atom. The lowest BCUT2D eigenvalue weighted by molar-refractivity contribution is -0.0715. The Bertz CT molecular complexity index is 684. The maximum absolute atomic E-state index is 10.2. The number of rotatable bonds is 1. The Kier molecular flexibility index (Phi) is 3.12. The van der Waals surface area contributed by atoms with Crippen molar-refractivity contribution in [2.24, 2.45) is 0 Å². The second-order valence-corrected chi connectivity index (χ2v) is 4.91. The fraction of sp³-hybridized carbons (Fsp3) is 0.200. The fourth-order valence-electron chi connectivity index (χ4n) is 2.50. The number of hydrogen-bond donors (Lipinski definition) is 5. The van der Waals surface area contributed by atoms with Crippen LogP contribution in [0.5, 0.6) is 23.0 Å². The molecule has 6 nitrogen and oxygen atoms in total. The van der Waals surface area contributed by atoms with Crippen molar-refractivity contribution >= 4 is 0 Å². The van der Waals surface area contributed by atoms with Crippen LogP contribution in [-0.4, -0.2) is 31.6 Å². The van der Waals surface area contributed by atoms with Crippen LogP contribution in [0.15, 0.2) is 36.4 Å². The van der Waals surface area contributed by atoms with Crippen molar-refractivity contribution < 1.29 is 30.3 Å². The van der Waals surface area contributed by atoms with Gasteiger partial charge in [0, 0.05) is 11.6 Å². The molecular weight excluding hydrogens is 276 g/mol. The largest absolute Gasteiger partial charge is 0.508 e. The molecule has 0 saturated heterocycles. The molecule has 0 radical (unpaired) electrons. The fourth-order valence-corrected chi connectivity index (χ4v) is 2.50. The highest BCUT2D eigenvalue weighted by molar-refractivity contribution is 5.49. The zero-order valence-corrected chi connectivity index (χ0v) is 10.8. The van der Waals surface area contributed by atoms with E-state index in [-0.39, 0.29) is 34.1 Å². The van der Waals surface area contributed by atoms with E-state index in [1.807, 2.05) is 0 Å². The monoisotopic (exact) mass is 290 g/mol. The molecule has 0 aliphatic carbocycles.